The summed E-state index contributed by atoms with van der Waals surface area (Å²) < 4.78 is 10.4. The van der Waals surface area contributed by atoms with Gasteiger partial charge in [0.15, 0.2) is 0 Å². The summed E-state index contributed by atoms with van der Waals surface area (Å²) in [5, 5.41) is 0. The maximum absolute atomic E-state index is 12.1. The Hall–Kier alpha value is -1.10. The third-order valence-corrected chi connectivity index (χ3v) is 4.58. The number of methoxy groups -OCH3 is 1. The third kappa shape index (κ3) is 5.30. The summed E-state index contributed by atoms with van der Waals surface area (Å²) in [6, 6.07) is 0. The molecule has 1 saturated carbocycles. The largest absolute Gasteiger partial charge is 0.469 e. The minimum Gasteiger partial charge on any atom is -0.469 e. The summed E-state index contributed by atoms with van der Waals surface area (Å²) in [6.45, 7) is 1.93. The maximum atomic E-state index is 12.1. The van der Waals surface area contributed by atoms with Crippen LogP contribution in [-0.4, -0.2) is 49.7 Å². The number of carbonyl (C=O) groups excluding carboxylic acids is 2. The zero-order chi connectivity index (χ0) is 15.1. The molecule has 2 fully saturated rings. The van der Waals surface area contributed by atoms with Crippen LogP contribution < -0.4 is 0 Å². The van der Waals surface area contributed by atoms with Crippen molar-refractivity contribution in [2.75, 3.05) is 26.8 Å². The molecule has 2 rings (SSSR count). The molecule has 21 heavy (non-hydrogen) atoms. The highest BCUT2D eigenvalue weighted by atomic mass is 16.5. The van der Waals surface area contributed by atoms with Gasteiger partial charge >= 0.3 is 5.97 Å². The highest BCUT2D eigenvalue weighted by Crippen LogP contribution is 2.29. The van der Waals surface area contributed by atoms with Gasteiger partial charge in [-0.05, 0) is 12.3 Å². The van der Waals surface area contributed by atoms with E-state index in [0.29, 0.717) is 19.7 Å². The summed E-state index contributed by atoms with van der Waals surface area (Å²) in [7, 11) is 1.35. The van der Waals surface area contributed by atoms with Gasteiger partial charge in [-0.15, -0.1) is 0 Å². The first-order valence-corrected chi connectivity index (χ1v) is 8.15. The van der Waals surface area contributed by atoms with Gasteiger partial charge in [-0.1, -0.05) is 32.1 Å². The molecule has 0 radical (unpaired) electrons. The molecule has 0 spiro atoms. The fraction of sp³-hybridized carbons (Fsp3) is 0.875. The van der Waals surface area contributed by atoms with Gasteiger partial charge in [0.25, 0.3) is 0 Å². The van der Waals surface area contributed by atoms with Crippen LogP contribution in [0.3, 0.4) is 0 Å². The SMILES string of the molecule is COC(=O)CCC(=O)N1CCOC(CC2CCCCC2)C1. The van der Waals surface area contributed by atoms with Crippen LogP contribution in [0.5, 0.6) is 0 Å². The molecule has 1 aliphatic heterocycles. The van der Waals surface area contributed by atoms with Crippen LogP contribution in [0.15, 0.2) is 0 Å². The second-order valence-corrected chi connectivity index (χ2v) is 6.15. The Kier molecular flexibility index (Phi) is 6.49. The Labute approximate surface area is 127 Å². The van der Waals surface area contributed by atoms with Gasteiger partial charge in [-0.2, -0.15) is 0 Å². The summed E-state index contributed by atoms with van der Waals surface area (Å²) in [5.41, 5.74) is 0. The second kappa shape index (κ2) is 8.37. The van der Waals surface area contributed by atoms with E-state index in [1.807, 2.05) is 4.90 Å². The Morgan fingerprint density at radius 3 is 2.67 bits per heavy atom. The summed E-state index contributed by atoms with van der Waals surface area (Å²) in [6.07, 6.45) is 8.28. The van der Waals surface area contributed by atoms with Gasteiger partial charge in [0.2, 0.25) is 5.91 Å². The highest BCUT2D eigenvalue weighted by Gasteiger charge is 2.27. The van der Waals surface area contributed by atoms with Crippen molar-refractivity contribution in [2.24, 2.45) is 5.92 Å². The minimum absolute atomic E-state index is 0.0392. The lowest BCUT2D eigenvalue weighted by Crippen LogP contribution is -2.46. The molecule has 5 nitrogen and oxygen atoms in total. The lowest BCUT2D eigenvalue weighted by Gasteiger charge is -2.35. The van der Waals surface area contributed by atoms with Crippen LogP contribution >= 0.6 is 0 Å². The Bertz CT molecular complexity index is 352. The fourth-order valence-corrected chi connectivity index (χ4v) is 3.35. The van der Waals surface area contributed by atoms with E-state index < -0.39 is 0 Å². The molecule has 1 aliphatic carbocycles. The van der Waals surface area contributed by atoms with Crippen molar-refractivity contribution in [1.29, 1.82) is 0 Å². The maximum Gasteiger partial charge on any atom is 0.306 e. The number of hydrogen-bond donors (Lipinski definition) is 0. The van der Waals surface area contributed by atoms with Crippen LogP contribution in [0.25, 0.3) is 0 Å². The molecule has 5 heteroatoms. The molecule has 1 atom stereocenters. The smallest absolute Gasteiger partial charge is 0.306 e. The predicted molar refractivity (Wildman–Crippen MR) is 78.8 cm³/mol. The van der Waals surface area contributed by atoms with Crippen molar-refractivity contribution in [1.82, 2.24) is 4.90 Å². The highest BCUT2D eigenvalue weighted by molar-refractivity contribution is 5.81. The van der Waals surface area contributed by atoms with E-state index in [1.54, 1.807) is 0 Å². The number of ether oxygens (including phenoxy) is 2. The topological polar surface area (TPSA) is 55.8 Å². The molecule has 0 N–H and O–H groups in total. The van der Waals surface area contributed by atoms with E-state index in [4.69, 9.17) is 4.74 Å². The van der Waals surface area contributed by atoms with E-state index in [2.05, 4.69) is 4.74 Å². The van der Waals surface area contributed by atoms with Crippen molar-refractivity contribution in [3.05, 3.63) is 0 Å². The van der Waals surface area contributed by atoms with Crippen molar-refractivity contribution in [3.63, 3.8) is 0 Å². The van der Waals surface area contributed by atoms with Gasteiger partial charge in [-0.3, -0.25) is 9.59 Å². The Morgan fingerprint density at radius 2 is 1.95 bits per heavy atom. The summed E-state index contributed by atoms with van der Waals surface area (Å²) >= 11 is 0. The van der Waals surface area contributed by atoms with Gasteiger partial charge < -0.3 is 14.4 Å². The normalized spacial score (nSPS) is 23.9. The first kappa shape index (κ1) is 16.3. The van der Waals surface area contributed by atoms with E-state index in [-0.39, 0.29) is 30.8 Å². The Balaban J connectivity index is 1.74. The standard InChI is InChI=1S/C16H27NO4/c1-20-16(19)8-7-15(18)17-9-10-21-14(12-17)11-13-5-3-2-4-6-13/h13-14H,2-12H2,1H3. The predicted octanol–water partition coefficient (Wildman–Crippen LogP) is 2.14. The van der Waals surface area contributed by atoms with E-state index in [1.165, 1.54) is 39.2 Å². The molecule has 0 aromatic carbocycles. The monoisotopic (exact) mass is 297 g/mol. The first-order valence-electron chi connectivity index (χ1n) is 8.15. The minimum atomic E-state index is -0.324. The molecule has 1 unspecified atom stereocenters. The number of morpholine rings is 1. The number of esters is 1. The molecule has 0 bridgehead atoms. The zero-order valence-electron chi connectivity index (χ0n) is 13.0. The molecular formula is C16H27NO4. The van der Waals surface area contributed by atoms with Crippen LogP contribution in [-0.2, 0) is 19.1 Å². The van der Waals surface area contributed by atoms with Gasteiger partial charge in [0, 0.05) is 19.5 Å². The number of rotatable bonds is 5. The molecule has 0 aromatic rings. The molecular weight excluding hydrogens is 270 g/mol. The third-order valence-electron chi connectivity index (χ3n) is 4.58. The van der Waals surface area contributed by atoms with Crippen molar-refractivity contribution < 1.29 is 19.1 Å². The summed E-state index contributed by atoms with van der Waals surface area (Å²) in [4.78, 5) is 25.1. The van der Waals surface area contributed by atoms with Crippen LogP contribution in [0, 0.1) is 5.92 Å². The van der Waals surface area contributed by atoms with Crippen molar-refractivity contribution in [3.8, 4) is 0 Å². The van der Waals surface area contributed by atoms with Gasteiger partial charge in [0.05, 0.1) is 26.2 Å². The van der Waals surface area contributed by atoms with Crippen molar-refractivity contribution >= 4 is 11.9 Å². The molecule has 2 aliphatic rings. The number of nitrogens with zero attached hydrogens (tertiary/aromatic N) is 1. The van der Waals surface area contributed by atoms with Crippen molar-refractivity contribution in [2.45, 2.75) is 57.5 Å². The molecule has 1 heterocycles. The quantitative estimate of drug-likeness (QED) is 0.730. The number of carbonyl (C=O) groups is 2. The fourth-order valence-electron chi connectivity index (χ4n) is 3.35. The van der Waals surface area contributed by atoms with Crippen LogP contribution in [0.4, 0.5) is 0 Å². The van der Waals surface area contributed by atoms with E-state index in [9.17, 15) is 9.59 Å². The molecule has 0 aromatic heterocycles. The molecule has 120 valence electrons. The second-order valence-electron chi connectivity index (χ2n) is 6.15. The van der Waals surface area contributed by atoms with Gasteiger partial charge in [0.1, 0.15) is 0 Å². The first-order chi connectivity index (χ1) is 10.2. The average Bonchev–Trinajstić information content (AvgIpc) is 2.53. The Morgan fingerprint density at radius 1 is 1.19 bits per heavy atom. The lowest BCUT2D eigenvalue weighted by molar-refractivity contribution is -0.146. The van der Waals surface area contributed by atoms with Crippen LogP contribution in [0.1, 0.15) is 51.4 Å². The number of hydrogen-bond acceptors (Lipinski definition) is 4. The van der Waals surface area contributed by atoms with E-state index in [0.717, 1.165) is 12.3 Å². The zero-order valence-corrected chi connectivity index (χ0v) is 13.0. The van der Waals surface area contributed by atoms with Gasteiger partial charge in [-0.25, -0.2) is 0 Å². The summed E-state index contributed by atoms with van der Waals surface area (Å²) in [5.74, 6) is 0.474. The van der Waals surface area contributed by atoms with E-state index >= 15 is 0 Å². The average molecular weight is 297 g/mol. The number of amides is 1. The molecule has 1 amide bonds. The van der Waals surface area contributed by atoms with Crippen LogP contribution in [0.2, 0.25) is 0 Å². The molecule has 1 saturated heterocycles. The lowest BCUT2D eigenvalue weighted by atomic mass is 9.85.